The van der Waals surface area contributed by atoms with Crippen molar-refractivity contribution < 1.29 is 9.47 Å². The van der Waals surface area contributed by atoms with Gasteiger partial charge in [0.2, 0.25) is 0 Å². The van der Waals surface area contributed by atoms with E-state index in [2.05, 4.69) is 25.2 Å². The molecule has 0 aromatic heterocycles. The lowest BCUT2D eigenvalue weighted by Crippen LogP contribution is -2.35. The highest BCUT2D eigenvalue weighted by Crippen LogP contribution is 2.43. The van der Waals surface area contributed by atoms with E-state index in [1.54, 1.807) is 14.2 Å². The van der Waals surface area contributed by atoms with Crippen LogP contribution in [0.15, 0.2) is 6.07 Å². The fourth-order valence-corrected chi connectivity index (χ4v) is 3.53. The van der Waals surface area contributed by atoms with Crippen molar-refractivity contribution in [2.24, 2.45) is 0 Å². The molecular formula is C17H26ClNO2. The Labute approximate surface area is 133 Å². The topological polar surface area (TPSA) is 30.5 Å². The van der Waals surface area contributed by atoms with Crippen molar-refractivity contribution in [2.75, 3.05) is 20.8 Å². The van der Waals surface area contributed by atoms with Crippen LogP contribution in [0.1, 0.15) is 50.2 Å². The number of hydrogen-bond acceptors (Lipinski definition) is 3. The quantitative estimate of drug-likeness (QED) is 0.885. The van der Waals surface area contributed by atoms with Gasteiger partial charge in [0, 0.05) is 11.6 Å². The highest BCUT2D eigenvalue weighted by Gasteiger charge is 2.23. The maximum atomic E-state index is 6.38. The Morgan fingerprint density at radius 1 is 1.24 bits per heavy atom. The SMILES string of the molecule is COc1c(Cl)cc(CC2CCCCN2)c(C(C)C)c1OC. The first-order valence-corrected chi connectivity index (χ1v) is 8.12. The number of rotatable bonds is 5. The van der Waals surface area contributed by atoms with Crippen LogP contribution in [0.3, 0.4) is 0 Å². The van der Waals surface area contributed by atoms with Crippen LogP contribution in [0, 0.1) is 0 Å². The average molecular weight is 312 g/mol. The number of benzene rings is 1. The largest absolute Gasteiger partial charge is 0.492 e. The molecule has 0 spiro atoms. The monoisotopic (exact) mass is 311 g/mol. The van der Waals surface area contributed by atoms with Crippen molar-refractivity contribution in [3.05, 3.63) is 22.2 Å². The van der Waals surface area contributed by atoms with Crippen LogP contribution >= 0.6 is 11.6 Å². The Kier molecular flexibility index (Phi) is 5.77. The molecule has 1 unspecified atom stereocenters. The zero-order valence-corrected chi connectivity index (χ0v) is 14.2. The van der Waals surface area contributed by atoms with Gasteiger partial charge in [0.1, 0.15) is 0 Å². The lowest BCUT2D eigenvalue weighted by Gasteiger charge is -2.27. The molecule has 0 saturated carbocycles. The molecule has 0 aliphatic carbocycles. The average Bonchev–Trinajstić information content (AvgIpc) is 2.47. The Morgan fingerprint density at radius 2 is 1.95 bits per heavy atom. The highest BCUT2D eigenvalue weighted by molar-refractivity contribution is 6.32. The standard InChI is InChI=1S/C17H26ClNO2/c1-11(2)15-12(9-13-7-5-6-8-19-13)10-14(18)16(20-3)17(15)21-4/h10-11,13,19H,5-9H2,1-4H3. The first-order valence-electron chi connectivity index (χ1n) is 7.75. The molecule has 4 heteroatoms. The summed E-state index contributed by atoms with van der Waals surface area (Å²) in [6, 6.07) is 2.58. The third-order valence-electron chi connectivity index (χ3n) is 4.18. The predicted molar refractivity (Wildman–Crippen MR) is 88.0 cm³/mol. The van der Waals surface area contributed by atoms with Crippen LogP contribution in [0.4, 0.5) is 0 Å². The van der Waals surface area contributed by atoms with E-state index >= 15 is 0 Å². The van der Waals surface area contributed by atoms with Crippen LogP contribution < -0.4 is 14.8 Å². The second kappa shape index (κ2) is 7.37. The molecule has 3 nitrogen and oxygen atoms in total. The molecular weight excluding hydrogens is 286 g/mol. The number of nitrogens with one attached hydrogen (secondary N) is 1. The fourth-order valence-electron chi connectivity index (χ4n) is 3.23. The number of ether oxygens (including phenoxy) is 2. The number of halogens is 1. The van der Waals surface area contributed by atoms with Gasteiger partial charge in [-0.15, -0.1) is 0 Å². The second-order valence-electron chi connectivity index (χ2n) is 6.00. The van der Waals surface area contributed by atoms with Gasteiger partial charge >= 0.3 is 0 Å². The van der Waals surface area contributed by atoms with E-state index in [0.717, 1.165) is 18.7 Å². The van der Waals surface area contributed by atoms with E-state index in [-0.39, 0.29) is 0 Å². The van der Waals surface area contributed by atoms with Crippen molar-refractivity contribution >= 4 is 11.6 Å². The van der Waals surface area contributed by atoms with Crippen LogP contribution in [-0.2, 0) is 6.42 Å². The number of hydrogen-bond donors (Lipinski definition) is 1. The van der Waals surface area contributed by atoms with E-state index in [1.807, 2.05) is 0 Å². The first-order chi connectivity index (χ1) is 10.1. The first kappa shape index (κ1) is 16.4. The summed E-state index contributed by atoms with van der Waals surface area (Å²) in [4.78, 5) is 0. The van der Waals surface area contributed by atoms with Gasteiger partial charge in [-0.1, -0.05) is 31.9 Å². The van der Waals surface area contributed by atoms with E-state index in [0.29, 0.717) is 22.7 Å². The van der Waals surface area contributed by atoms with Gasteiger partial charge in [0.05, 0.1) is 19.2 Å². The van der Waals surface area contributed by atoms with Crippen molar-refractivity contribution in [1.29, 1.82) is 0 Å². The summed E-state index contributed by atoms with van der Waals surface area (Å²) in [5, 5.41) is 4.23. The van der Waals surface area contributed by atoms with Gasteiger partial charge in [-0.05, 0) is 43.4 Å². The van der Waals surface area contributed by atoms with Crippen molar-refractivity contribution in [2.45, 2.75) is 51.5 Å². The van der Waals surface area contributed by atoms with Crippen LogP contribution in [0.5, 0.6) is 11.5 Å². The molecule has 0 radical (unpaired) electrons. The molecule has 1 aromatic rings. The third kappa shape index (κ3) is 3.64. The molecule has 1 heterocycles. The van der Waals surface area contributed by atoms with Gasteiger partial charge in [-0.2, -0.15) is 0 Å². The Hall–Kier alpha value is -0.930. The molecule has 1 aliphatic rings. The Morgan fingerprint density at radius 3 is 2.48 bits per heavy atom. The predicted octanol–water partition coefficient (Wildman–Crippen LogP) is 4.17. The summed E-state index contributed by atoms with van der Waals surface area (Å²) in [5.74, 6) is 1.79. The summed E-state index contributed by atoms with van der Waals surface area (Å²) in [6.07, 6.45) is 4.80. The zero-order chi connectivity index (χ0) is 15.4. The summed E-state index contributed by atoms with van der Waals surface area (Å²) in [7, 11) is 3.32. The highest BCUT2D eigenvalue weighted by atomic mass is 35.5. The third-order valence-corrected chi connectivity index (χ3v) is 4.46. The molecule has 1 aliphatic heterocycles. The normalized spacial score (nSPS) is 18.9. The Bertz CT molecular complexity index is 482. The molecule has 1 atom stereocenters. The summed E-state index contributed by atoms with van der Waals surface area (Å²) in [6.45, 7) is 5.48. The maximum absolute atomic E-state index is 6.38. The number of methoxy groups -OCH3 is 2. The summed E-state index contributed by atoms with van der Waals surface area (Å²) in [5.41, 5.74) is 2.48. The van der Waals surface area contributed by atoms with E-state index in [1.165, 1.54) is 30.4 Å². The van der Waals surface area contributed by atoms with Crippen LogP contribution in [0.2, 0.25) is 5.02 Å². The Balaban J connectivity index is 2.40. The van der Waals surface area contributed by atoms with Gasteiger partial charge < -0.3 is 14.8 Å². The van der Waals surface area contributed by atoms with Crippen molar-refractivity contribution in [1.82, 2.24) is 5.32 Å². The molecule has 118 valence electrons. The molecule has 2 rings (SSSR count). The van der Waals surface area contributed by atoms with Gasteiger partial charge in [0.15, 0.2) is 11.5 Å². The minimum Gasteiger partial charge on any atom is -0.492 e. The molecule has 1 saturated heterocycles. The van der Waals surface area contributed by atoms with E-state index in [4.69, 9.17) is 21.1 Å². The maximum Gasteiger partial charge on any atom is 0.179 e. The smallest absolute Gasteiger partial charge is 0.179 e. The van der Waals surface area contributed by atoms with E-state index < -0.39 is 0 Å². The summed E-state index contributed by atoms with van der Waals surface area (Å²) >= 11 is 6.38. The van der Waals surface area contributed by atoms with Crippen LogP contribution in [0.25, 0.3) is 0 Å². The minimum absolute atomic E-state index is 0.365. The minimum atomic E-state index is 0.365. The lowest BCUT2D eigenvalue weighted by molar-refractivity contribution is 0.348. The molecule has 0 amide bonds. The van der Waals surface area contributed by atoms with Crippen molar-refractivity contribution in [3.63, 3.8) is 0 Å². The zero-order valence-electron chi connectivity index (χ0n) is 13.5. The van der Waals surface area contributed by atoms with Crippen molar-refractivity contribution in [3.8, 4) is 11.5 Å². The molecule has 21 heavy (non-hydrogen) atoms. The summed E-state index contributed by atoms with van der Waals surface area (Å²) < 4.78 is 11.0. The lowest BCUT2D eigenvalue weighted by atomic mass is 9.89. The number of piperidine rings is 1. The fraction of sp³-hybridized carbons (Fsp3) is 0.647. The molecule has 1 aromatic carbocycles. The van der Waals surface area contributed by atoms with Gasteiger partial charge in [-0.25, -0.2) is 0 Å². The van der Waals surface area contributed by atoms with E-state index in [9.17, 15) is 0 Å². The van der Waals surface area contributed by atoms with Gasteiger partial charge in [0.25, 0.3) is 0 Å². The molecule has 1 fully saturated rings. The van der Waals surface area contributed by atoms with Crippen LogP contribution in [-0.4, -0.2) is 26.8 Å². The molecule has 0 bridgehead atoms. The molecule has 1 N–H and O–H groups in total. The van der Waals surface area contributed by atoms with Gasteiger partial charge in [-0.3, -0.25) is 0 Å². The second-order valence-corrected chi connectivity index (χ2v) is 6.41.